The Labute approximate surface area is 152 Å². The van der Waals surface area contributed by atoms with Gasteiger partial charge in [-0.1, -0.05) is 24.3 Å². The van der Waals surface area contributed by atoms with Crippen LogP contribution < -0.4 is 10.2 Å². The average molecular weight is 372 g/mol. The van der Waals surface area contributed by atoms with Gasteiger partial charge in [0.2, 0.25) is 5.95 Å². The number of carbonyl (C=O) groups excluding carboxylic acids is 1. The van der Waals surface area contributed by atoms with E-state index in [9.17, 15) is 13.2 Å². The van der Waals surface area contributed by atoms with Gasteiger partial charge in [-0.05, 0) is 24.0 Å². The first-order valence-electron chi connectivity index (χ1n) is 8.65. The zero-order valence-corrected chi connectivity index (χ0v) is 15.1. The van der Waals surface area contributed by atoms with Gasteiger partial charge in [-0.2, -0.15) is 0 Å². The lowest BCUT2D eigenvalue weighted by Gasteiger charge is -2.28. The first-order chi connectivity index (χ1) is 12.5. The first kappa shape index (κ1) is 17.0. The fraction of sp³-hybridized carbons (Fsp3) is 0.389. The van der Waals surface area contributed by atoms with E-state index in [0.717, 1.165) is 19.5 Å². The van der Waals surface area contributed by atoms with Gasteiger partial charge in [0, 0.05) is 31.5 Å². The van der Waals surface area contributed by atoms with Crippen molar-refractivity contribution in [2.75, 3.05) is 23.0 Å². The van der Waals surface area contributed by atoms with Gasteiger partial charge in [0.15, 0.2) is 9.84 Å². The number of hydrogen-bond donors (Lipinski definition) is 1. The van der Waals surface area contributed by atoms with E-state index in [-0.39, 0.29) is 23.5 Å². The summed E-state index contributed by atoms with van der Waals surface area (Å²) in [5.74, 6) is 0.399. The van der Waals surface area contributed by atoms with Crippen LogP contribution in [-0.2, 0) is 22.8 Å². The van der Waals surface area contributed by atoms with Gasteiger partial charge < -0.3 is 10.2 Å². The molecule has 7 nitrogen and oxygen atoms in total. The second-order valence-electron chi connectivity index (χ2n) is 6.79. The van der Waals surface area contributed by atoms with Crippen molar-refractivity contribution < 1.29 is 13.2 Å². The Morgan fingerprint density at radius 1 is 1.15 bits per heavy atom. The van der Waals surface area contributed by atoms with Crippen molar-refractivity contribution in [1.82, 2.24) is 15.3 Å². The van der Waals surface area contributed by atoms with Crippen LogP contribution in [0.5, 0.6) is 0 Å². The molecule has 26 heavy (non-hydrogen) atoms. The molecule has 1 amide bonds. The minimum Gasteiger partial charge on any atom is -0.348 e. The molecule has 1 aromatic heterocycles. The van der Waals surface area contributed by atoms with Crippen molar-refractivity contribution in [2.45, 2.75) is 25.4 Å². The summed E-state index contributed by atoms with van der Waals surface area (Å²) < 4.78 is 23.0. The summed E-state index contributed by atoms with van der Waals surface area (Å²) in [7, 11) is -3.02. The Morgan fingerprint density at radius 2 is 1.88 bits per heavy atom. The largest absolute Gasteiger partial charge is 0.348 e. The maximum absolute atomic E-state index is 12.3. The lowest BCUT2D eigenvalue weighted by atomic mass is 10.0. The van der Waals surface area contributed by atoms with Crippen molar-refractivity contribution >= 4 is 21.7 Å². The minimum absolute atomic E-state index is 0.00483. The topological polar surface area (TPSA) is 92.3 Å². The highest BCUT2D eigenvalue weighted by Gasteiger charge is 2.29. The lowest BCUT2D eigenvalue weighted by Crippen LogP contribution is -2.36. The second-order valence-corrected chi connectivity index (χ2v) is 9.01. The van der Waals surface area contributed by atoms with Crippen LogP contribution in [0.25, 0.3) is 0 Å². The molecule has 0 saturated carbocycles. The summed E-state index contributed by atoms with van der Waals surface area (Å²) >= 11 is 0. The molecule has 1 saturated heterocycles. The highest BCUT2D eigenvalue weighted by molar-refractivity contribution is 7.91. The van der Waals surface area contributed by atoms with Gasteiger partial charge in [0.05, 0.1) is 17.1 Å². The Bertz CT molecular complexity index is 928. The Balaban J connectivity index is 1.42. The highest BCUT2D eigenvalue weighted by Crippen LogP contribution is 2.21. The van der Waals surface area contributed by atoms with E-state index in [2.05, 4.69) is 32.3 Å². The fourth-order valence-corrected chi connectivity index (χ4v) is 5.12. The molecule has 1 unspecified atom stereocenters. The SMILES string of the molecule is O=C(NC1CCS(=O)(=O)C1)c1cnc(N2CCc3ccccc3C2)nc1. The number of carbonyl (C=O) groups is 1. The van der Waals surface area contributed by atoms with Gasteiger partial charge in [-0.3, -0.25) is 4.79 Å². The van der Waals surface area contributed by atoms with Crippen LogP contribution in [0.1, 0.15) is 27.9 Å². The number of amides is 1. The van der Waals surface area contributed by atoms with Crippen LogP contribution in [0, 0.1) is 0 Å². The molecule has 3 heterocycles. The maximum Gasteiger partial charge on any atom is 0.254 e. The molecule has 0 aliphatic carbocycles. The van der Waals surface area contributed by atoms with Crippen LogP contribution in [0.3, 0.4) is 0 Å². The summed E-state index contributed by atoms with van der Waals surface area (Å²) in [6, 6.07) is 8.00. The molecule has 0 bridgehead atoms. The predicted octanol–water partition coefficient (Wildman–Crippen LogP) is 0.956. The number of benzene rings is 1. The lowest BCUT2D eigenvalue weighted by molar-refractivity contribution is 0.0940. The summed E-state index contributed by atoms with van der Waals surface area (Å²) in [6.07, 6.45) is 4.40. The van der Waals surface area contributed by atoms with Gasteiger partial charge in [-0.15, -0.1) is 0 Å². The second kappa shape index (κ2) is 6.68. The predicted molar refractivity (Wildman–Crippen MR) is 97.8 cm³/mol. The molecule has 1 aromatic carbocycles. The molecule has 2 aromatic rings. The fourth-order valence-electron chi connectivity index (χ4n) is 3.45. The molecule has 4 rings (SSSR count). The molecule has 2 aliphatic rings. The van der Waals surface area contributed by atoms with E-state index in [1.807, 2.05) is 12.1 Å². The molecule has 0 radical (unpaired) electrons. The number of nitrogens with one attached hydrogen (secondary N) is 1. The average Bonchev–Trinajstić information content (AvgIpc) is 2.99. The highest BCUT2D eigenvalue weighted by atomic mass is 32.2. The van der Waals surface area contributed by atoms with Gasteiger partial charge in [-0.25, -0.2) is 18.4 Å². The van der Waals surface area contributed by atoms with E-state index in [1.165, 1.54) is 23.5 Å². The maximum atomic E-state index is 12.3. The zero-order chi connectivity index (χ0) is 18.1. The quantitative estimate of drug-likeness (QED) is 0.863. The van der Waals surface area contributed by atoms with E-state index in [1.54, 1.807) is 0 Å². The third kappa shape index (κ3) is 3.55. The molecular formula is C18H20N4O3S. The van der Waals surface area contributed by atoms with Crippen molar-refractivity contribution in [3.63, 3.8) is 0 Å². The first-order valence-corrected chi connectivity index (χ1v) is 10.5. The number of sulfone groups is 1. The van der Waals surface area contributed by atoms with Gasteiger partial charge in [0.1, 0.15) is 0 Å². The number of anilines is 1. The number of hydrogen-bond acceptors (Lipinski definition) is 6. The standard InChI is InChI=1S/C18H20N4O3S/c23-17(21-16-6-8-26(24,25)12-16)15-9-19-18(20-10-15)22-7-5-13-3-1-2-4-14(13)11-22/h1-4,9-10,16H,5-8,11-12H2,(H,21,23). The van der Waals surface area contributed by atoms with E-state index >= 15 is 0 Å². The Morgan fingerprint density at radius 3 is 2.58 bits per heavy atom. The van der Waals surface area contributed by atoms with Crippen LogP contribution in [0.15, 0.2) is 36.7 Å². The third-order valence-corrected chi connectivity index (χ3v) is 6.65. The molecule has 2 aliphatic heterocycles. The van der Waals surface area contributed by atoms with E-state index < -0.39 is 9.84 Å². The Kier molecular flexibility index (Phi) is 4.36. The van der Waals surface area contributed by atoms with Crippen LogP contribution in [-0.4, -0.2) is 48.4 Å². The summed E-state index contributed by atoms with van der Waals surface area (Å²) in [6.45, 7) is 1.59. The molecule has 136 valence electrons. The van der Waals surface area contributed by atoms with Crippen molar-refractivity contribution in [1.29, 1.82) is 0 Å². The molecule has 1 fully saturated rings. The summed E-state index contributed by atoms with van der Waals surface area (Å²) in [4.78, 5) is 23.0. The molecular weight excluding hydrogens is 352 g/mol. The van der Waals surface area contributed by atoms with E-state index in [4.69, 9.17) is 0 Å². The zero-order valence-electron chi connectivity index (χ0n) is 14.3. The van der Waals surface area contributed by atoms with Crippen LogP contribution >= 0.6 is 0 Å². The van der Waals surface area contributed by atoms with Crippen molar-refractivity contribution in [2.24, 2.45) is 0 Å². The van der Waals surface area contributed by atoms with Crippen LogP contribution in [0.4, 0.5) is 5.95 Å². The number of aromatic nitrogens is 2. The number of nitrogens with zero attached hydrogens (tertiary/aromatic N) is 3. The monoisotopic (exact) mass is 372 g/mol. The molecule has 1 N–H and O–H groups in total. The molecule has 1 atom stereocenters. The van der Waals surface area contributed by atoms with E-state index in [0.29, 0.717) is 17.9 Å². The summed E-state index contributed by atoms with van der Waals surface area (Å²) in [5, 5.41) is 2.75. The van der Waals surface area contributed by atoms with Gasteiger partial charge >= 0.3 is 0 Å². The minimum atomic E-state index is -3.02. The summed E-state index contributed by atoms with van der Waals surface area (Å²) in [5.41, 5.74) is 2.97. The smallest absolute Gasteiger partial charge is 0.254 e. The molecule has 8 heteroatoms. The Hall–Kier alpha value is -2.48. The molecule has 0 spiro atoms. The van der Waals surface area contributed by atoms with Crippen LogP contribution in [0.2, 0.25) is 0 Å². The van der Waals surface area contributed by atoms with Crippen molar-refractivity contribution in [3.05, 3.63) is 53.3 Å². The van der Waals surface area contributed by atoms with Gasteiger partial charge in [0.25, 0.3) is 5.91 Å². The number of rotatable bonds is 3. The normalized spacial score (nSPS) is 21.2. The number of fused-ring (bicyclic) bond motifs is 1. The third-order valence-electron chi connectivity index (χ3n) is 4.88. The van der Waals surface area contributed by atoms with Crippen molar-refractivity contribution in [3.8, 4) is 0 Å².